The molecule has 2 aliphatic rings. The highest BCUT2D eigenvalue weighted by Crippen LogP contribution is 2.39. The molecule has 1 aromatic heterocycles. The van der Waals surface area contributed by atoms with Crippen LogP contribution in [-0.4, -0.2) is 36.1 Å². The van der Waals surface area contributed by atoms with Gasteiger partial charge in [-0.25, -0.2) is 9.97 Å². The Morgan fingerprint density at radius 2 is 1.86 bits per heavy atom. The van der Waals surface area contributed by atoms with Crippen molar-refractivity contribution in [3.63, 3.8) is 0 Å². The number of piperidine rings is 1. The van der Waals surface area contributed by atoms with Crippen LogP contribution in [0.1, 0.15) is 48.6 Å². The molecular weight excluding hydrogens is 379 g/mol. The van der Waals surface area contributed by atoms with Crippen molar-refractivity contribution >= 4 is 11.5 Å². The molecule has 0 bridgehead atoms. The van der Waals surface area contributed by atoms with E-state index in [2.05, 4.69) is 14.9 Å². The molecule has 152 valence electrons. The zero-order valence-electron chi connectivity index (χ0n) is 16.2. The van der Waals surface area contributed by atoms with Crippen LogP contribution in [0.4, 0.5) is 24.7 Å². The van der Waals surface area contributed by atoms with E-state index in [9.17, 15) is 13.2 Å². The zero-order chi connectivity index (χ0) is 20.6. The SMILES string of the molecule is CN(c1ccnc(C2CC2)n1)C1CCN(c2ccc(C#N)cc2C(F)(F)F)CC1. The number of anilines is 2. The second kappa shape index (κ2) is 7.54. The monoisotopic (exact) mass is 401 g/mol. The minimum absolute atomic E-state index is 0.0194. The lowest BCUT2D eigenvalue weighted by atomic mass is 10.0. The number of benzene rings is 1. The second-order valence-electron chi connectivity index (χ2n) is 7.72. The second-order valence-corrected chi connectivity index (χ2v) is 7.72. The lowest BCUT2D eigenvalue weighted by Gasteiger charge is -2.39. The van der Waals surface area contributed by atoms with Gasteiger partial charge in [0.1, 0.15) is 11.6 Å². The molecule has 4 rings (SSSR count). The summed E-state index contributed by atoms with van der Waals surface area (Å²) in [5, 5.41) is 8.94. The summed E-state index contributed by atoms with van der Waals surface area (Å²) in [5.74, 6) is 2.23. The standard InChI is InChI=1S/C21H22F3N5/c1-28(19-6-9-26-20(27-19)15-3-4-15)16-7-10-29(11-8-16)18-5-2-14(13-25)12-17(18)21(22,23)24/h2,5-6,9,12,15-16H,3-4,7-8,10-11H2,1H3. The molecule has 1 aromatic carbocycles. The van der Waals surface area contributed by atoms with Gasteiger partial charge in [0.2, 0.25) is 0 Å². The molecule has 1 aliphatic carbocycles. The average molecular weight is 401 g/mol. The van der Waals surface area contributed by atoms with E-state index >= 15 is 0 Å². The van der Waals surface area contributed by atoms with Crippen LogP contribution in [0, 0.1) is 11.3 Å². The highest BCUT2D eigenvalue weighted by Gasteiger charge is 2.36. The molecule has 1 aliphatic heterocycles. The van der Waals surface area contributed by atoms with Gasteiger partial charge in [0, 0.05) is 44.0 Å². The smallest absolute Gasteiger partial charge is 0.371 e. The van der Waals surface area contributed by atoms with Crippen LogP contribution in [0.5, 0.6) is 0 Å². The van der Waals surface area contributed by atoms with Crippen molar-refractivity contribution in [1.29, 1.82) is 5.26 Å². The number of rotatable bonds is 4. The summed E-state index contributed by atoms with van der Waals surface area (Å²) in [6.45, 7) is 1.04. The molecule has 29 heavy (non-hydrogen) atoms. The fraction of sp³-hybridized carbons (Fsp3) is 0.476. The number of aromatic nitrogens is 2. The van der Waals surface area contributed by atoms with Gasteiger partial charge in [-0.2, -0.15) is 18.4 Å². The Hall–Kier alpha value is -2.82. The molecule has 5 nitrogen and oxygen atoms in total. The Bertz CT molecular complexity index is 925. The minimum atomic E-state index is -4.49. The van der Waals surface area contributed by atoms with E-state index in [0.29, 0.717) is 19.0 Å². The van der Waals surface area contributed by atoms with Crippen LogP contribution in [0.2, 0.25) is 0 Å². The maximum Gasteiger partial charge on any atom is 0.418 e. The molecule has 1 saturated carbocycles. The molecule has 0 spiro atoms. The number of nitriles is 1. The summed E-state index contributed by atoms with van der Waals surface area (Å²) in [5.41, 5.74) is -0.574. The normalized spacial score (nSPS) is 17.8. The van der Waals surface area contributed by atoms with Crippen LogP contribution in [0.3, 0.4) is 0 Å². The van der Waals surface area contributed by atoms with Crippen molar-refractivity contribution in [3.05, 3.63) is 47.4 Å². The Balaban J connectivity index is 1.47. The number of halogens is 3. The number of nitrogens with zero attached hydrogens (tertiary/aromatic N) is 5. The first kappa shape index (κ1) is 19.5. The van der Waals surface area contributed by atoms with Gasteiger partial charge in [-0.15, -0.1) is 0 Å². The maximum absolute atomic E-state index is 13.5. The summed E-state index contributed by atoms with van der Waals surface area (Å²) < 4.78 is 40.5. The van der Waals surface area contributed by atoms with Crippen molar-refractivity contribution in [2.24, 2.45) is 0 Å². The Morgan fingerprint density at radius 3 is 2.48 bits per heavy atom. The van der Waals surface area contributed by atoms with E-state index in [-0.39, 0.29) is 17.3 Å². The highest BCUT2D eigenvalue weighted by molar-refractivity contribution is 5.58. The molecule has 0 atom stereocenters. The molecule has 0 N–H and O–H groups in total. The first-order valence-electron chi connectivity index (χ1n) is 9.79. The molecular formula is C21H22F3N5. The number of hydrogen-bond acceptors (Lipinski definition) is 5. The van der Waals surface area contributed by atoms with Crippen molar-refractivity contribution in [3.8, 4) is 6.07 Å². The predicted octanol–water partition coefficient (Wildman–Crippen LogP) is 4.35. The largest absolute Gasteiger partial charge is 0.418 e. The maximum atomic E-state index is 13.5. The predicted molar refractivity (Wildman–Crippen MR) is 104 cm³/mol. The summed E-state index contributed by atoms with van der Waals surface area (Å²) in [7, 11) is 1.99. The molecule has 0 radical (unpaired) electrons. The van der Waals surface area contributed by atoms with Crippen LogP contribution >= 0.6 is 0 Å². The van der Waals surface area contributed by atoms with Gasteiger partial charge in [-0.3, -0.25) is 0 Å². The van der Waals surface area contributed by atoms with Gasteiger partial charge >= 0.3 is 6.18 Å². The van der Waals surface area contributed by atoms with Crippen LogP contribution in [0.15, 0.2) is 30.5 Å². The first-order valence-corrected chi connectivity index (χ1v) is 9.79. The van der Waals surface area contributed by atoms with E-state index in [1.807, 2.05) is 13.1 Å². The van der Waals surface area contributed by atoms with Gasteiger partial charge in [0.25, 0.3) is 0 Å². The molecule has 0 amide bonds. The van der Waals surface area contributed by atoms with Crippen LogP contribution in [0.25, 0.3) is 0 Å². The third kappa shape index (κ3) is 4.14. The molecule has 2 aromatic rings. The van der Waals surface area contributed by atoms with Crippen molar-refractivity contribution < 1.29 is 13.2 Å². The lowest BCUT2D eigenvalue weighted by molar-refractivity contribution is -0.137. The fourth-order valence-corrected chi connectivity index (χ4v) is 3.89. The van der Waals surface area contributed by atoms with Gasteiger partial charge in [0.15, 0.2) is 0 Å². The Kier molecular flexibility index (Phi) is 5.07. The quantitative estimate of drug-likeness (QED) is 0.762. The average Bonchev–Trinajstić information content (AvgIpc) is 3.58. The third-order valence-corrected chi connectivity index (χ3v) is 5.75. The molecule has 2 fully saturated rings. The summed E-state index contributed by atoms with van der Waals surface area (Å²) in [6, 6.07) is 7.69. The van der Waals surface area contributed by atoms with Gasteiger partial charge in [-0.1, -0.05) is 0 Å². The summed E-state index contributed by atoms with van der Waals surface area (Å²) >= 11 is 0. The van der Waals surface area contributed by atoms with Crippen molar-refractivity contribution in [2.45, 2.75) is 43.8 Å². The zero-order valence-corrected chi connectivity index (χ0v) is 16.2. The molecule has 1 saturated heterocycles. The molecule has 2 heterocycles. The van der Waals surface area contributed by atoms with E-state index < -0.39 is 11.7 Å². The fourth-order valence-electron chi connectivity index (χ4n) is 3.89. The summed E-state index contributed by atoms with van der Waals surface area (Å²) in [4.78, 5) is 12.9. The topological polar surface area (TPSA) is 56.1 Å². The van der Waals surface area contributed by atoms with E-state index in [1.165, 1.54) is 12.1 Å². The Labute approximate surface area is 167 Å². The lowest BCUT2D eigenvalue weighted by Crippen LogP contribution is -2.44. The minimum Gasteiger partial charge on any atom is -0.371 e. The first-order chi connectivity index (χ1) is 13.9. The number of alkyl halides is 3. The Morgan fingerprint density at radius 1 is 1.14 bits per heavy atom. The van der Waals surface area contributed by atoms with Crippen LogP contribution < -0.4 is 9.80 Å². The van der Waals surface area contributed by atoms with E-state index in [1.54, 1.807) is 17.2 Å². The van der Waals surface area contributed by atoms with Gasteiger partial charge in [-0.05, 0) is 49.9 Å². The molecule has 0 unspecified atom stereocenters. The number of hydrogen-bond donors (Lipinski definition) is 0. The van der Waals surface area contributed by atoms with Crippen LogP contribution in [-0.2, 0) is 6.18 Å². The van der Waals surface area contributed by atoms with E-state index in [4.69, 9.17) is 5.26 Å². The highest BCUT2D eigenvalue weighted by atomic mass is 19.4. The van der Waals surface area contributed by atoms with Gasteiger partial charge in [0.05, 0.1) is 17.2 Å². The summed E-state index contributed by atoms with van der Waals surface area (Å²) in [6.07, 6.45) is 1.03. The van der Waals surface area contributed by atoms with Gasteiger partial charge < -0.3 is 9.80 Å². The third-order valence-electron chi connectivity index (χ3n) is 5.75. The van der Waals surface area contributed by atoms with Crippen molar-refractivity contribution in [2.75, 3.05) is 29.9 Å². The van der Waals surface area contributed by atoms with Crippen molar-refractivity contribution in [1.82, 2.24) is 9.97 Å². The van der Waals surface area contributed by atoms with E-state index in [0.717, 1.165) is 43.4 Å². The molecule has 8 heteroatoms.